The maximum atomic E-state index is 13.0. The number of halogens is 1. The number of carbonyl (C=O) groups is 1. The Kier molecular flexibility index (Phi) is 8.22. The molecular formula is C32H29BrN2O6. The summed E-state index contributed by atoms with van der Waals surface area (Å²) >= 11 is 3.42. The number of aryl methyl sites for hydroxylation is 1. The SMILES string of the molecule is CCCCCOc1ccc(C2C(C#N)=C(N)Oc3cc(OC(=O)c4oc5cc(Br)ccc5c4C)ccc32)cc1OC. The summed E-state index contributed by atoms with van der Waals surface area (Å²) in [4.78, 5) is 13.0. The zero-order chi connectivity index (χ0) is 29.1. The molecule has 1 aliphatic rings. The van der Waals surface area contributed by atoms with Gasteiger partial charge in [0, 0.05) is 27.1 Å². The molecule has 5 rings (SSSR count). The number of nitrogens with two attached hydrogens (primary N) is 1. The average molecular weight is 617 g/mol. The topological polar surface area (TPSA) is 117 Å². The van der Waals surface area contributed by atoms with Gasteiger partial charge >= 0.3 is 5.97 Å². The molecule has 0 amide bonds. The minimum Gasteiger partial charge on any atom is -0.493 e. The summed E-state index contributed by atoms with van der Waals surface area (Å²) in [6, 6.07) is 18.3. The standard InChI is InChI=1S/C32H29BrN2O6/c1-4-5-6-13-38-25-12-7-19(14-28(25)37-3)29-23-11-9-21(16-27(23)41-31(35)24(29)17-34)39-32(36)30-18(2)22-10-8-20(33)15-26(22)40-30/h7-12,14-16,29H,4-6,13,35H2,1-3H3. The highest BCUT2D eigenvalue weighted by molar-refractivity contribution is 9.10. The molecule has 1 aromatic heterocycles. The van der Waals surface area contributed by atoms with Crippen LogP contribution in [0.4, 0.5) is 0 Å². The lowest BCUT2D eigenvalue weighted by Gasteiger charge is -2.27. The maximum Gasteiger partial charge on any atom is 0.379 e. The van der Waals surface area contributed by atoms with Crippen LogP contribution in [0.3, 0.4) is 0 Å². The highest BCUT2D eigenvalue weighted by Crippen LogP contribution is 2.45. The van der Waals surface area contributed by atoms with Crippen molar-refractivity contribution in [1.29, 1.82) is 5.26 Å². The van der Waals surface area contributed by atoms with E-state index in [0.717, 1.165) is 34.7 Å². The molecule has 2 heterocycles. The van der Waals surface area contributed by atoms with Crippen LogP contribution in [-0.2, 0) is 0 Å². The Balaban J connectivity index is 1.44. The van der Waals surface area contributed by atoms with Gasteiger partial charge in [0.05, 0.1) is 19.6 Å². The van der Waals surface area contributed by atoms with Gasteiger partial charge in [0.1, 0.15) is 28.7 Å². The number of nitrogens with zero attached hydrogens (tertiary/aromatic N) is 1. The Morgan fingerprint density at radius 3 is 2.68 bits per heavy atom. The summed E-state index contributed by atoms with van der Waals surface area (Å²) in [6.07, 6.45) is 3.14. The number of methoxy groups -OCH3 is 1. The van der Waals surface area contributed by atoms with Crippen molar-refractivity contribution < 1.29 is 28.2 Å². The highest BCUT2D eigenvalue weighted by atomic mass is 79.9. The van der Waals surface area contributed by atoms with Gasteiger partial charge in [0.25, 0.3) is 0 Å². The van der Waals surface area contributed by atoms with E-state index in [1.807, 2.05) is 37.3 Å². The number of benzene rings is 3. The molecule has 1 atom stereocenters. The van der Waals surface area contributed by atoms with E-state index in [1.165, 1.54) is 0 Å². The van der Waals surface area contributed by atoms with Gasteiger partial charge < -0.3 is 29.1 Å². The van der Waals surface area contributed by atoms with E-state index in [0.29, 0.717) is 40.6 Å². The Bertz CT molecular complexity index is 1700. The van der Waals surface area contributed by atoms with Gasteiger partial charge in [-0.3, -0.25) is 0 Å². The Labute approximate surface area is 246 Å². The fourth-order valence-electron chi connectivity index (χ4n) is 4.91. The van der Waals surface area contributed by atoms with Gasteiger partial charge in [-0.25, -0.2) is 4.79 Å². The second kappa shape index (κ2) is 12.0. The molecule has 0 saturated heterocycles. The number of fused-ring (bicyclic) bond motifs is 2. The summed E-state index contributed by atoms with van der Waals surface area (Å²) in [5.74, 6) is 0.745. The van der Waals surface area contributed by atoms with Crippen LogP contribution in [0.2, 0.25) is 0 Å². The van der Waals surface area contributed by atoms with Crippen molar-refractivity contribution in [2.75, 3.05) is 13.7 Å². The van der Waals surface area contributed by atoms with Crippen LogP contribution < -0.4 is 24.7 Å². The number of ether oxygens (including phenoxy) is 4. The normalized spacial score (nSPS) is 14.3. The summed E-state index contributed by atoms with van der Waals surface area (Å²) in [5.41, 5.74) is 9.20. The molecule has 3 aromatic carbocycles. The molecule has 0 aliphatic carbocycles. The number of hydrogen-bond donors (Lipinski definition) is 1. The summed E-state index contributed by atoms with van der Waals surface area (Å²) in [6.45, 7) is 4.54. The van der Waals surface area contributed by atoms with Gasteiger partial charge in [-0.1, -0.05) is 47.8 Å². The fraction of sp³-hybridized carbons (Fsp3) is 0.250. The second-order valence-corrected chi connectivity index (χ2v) is 10.6. The van der Waals surface area contributed by atoms with Crippen molar-refractivity contribution in [3.8, 4) is 29.1 Å². The van der Waals surface area contributed by atoms with E-state index in [9.17, 15) is 10.1 Å². The molecule has 1 unspecified atom stereocenters. The van der Waals surface area contributed by atoms with Crippen LogP contribution in [0.25, 0.3) is 11.0 Å². The second-order valence-electron chi connectivity index (χ2n) is 9.68. The number of rotatable bonds is 9. The first kappa shape index (κ1) is 28.1. The fourth-order valence-corrected chi connectivity index (χ4v) is 5.25. The Morgan fingerprint density at radius 2 is 1.93 bits per heavy atom. The van der Waals surface area contributed by atoms with Gasteiger partial charge in [-0.15, -0.1) is 0 Å². The number of nitriles is 1. The lowest BCUT2D eigenvalue weighted by molar-refractivity contribution is 0.0702. The quantitative estimate of drug-likeness (QED) is 0.116. The van der Waals surface area contributed by atoms with Crippen molar-refractivity contribution in [3.63, 3.8) is 0 Å². The molecule has 0 saturated carbocycles. The monoisotopic (exact) mass is 616 g/mol. The first-order valence-electron chi connectivity index (χ1n) is 13.3. The van der Waals surface area contributed by atoms with Crippen LogP contribution in [-0.4, -0.2) is 19.7 Å². The summed E-state index contributed by atoms with van der Waals surface area (Å²) in [7, 11) is 1.58. The predicted octanol–water partition coefficient (Wildman–Crippen LogP) is 7.52. The van der Waals surface area contributed by atoms with Gasteiger partial charge in [-0.05, 0) is 55.3 Å². The van der Waals surface area contributed by atoms with Crippen molar-refractivity contribution in [2.45, 2.75) is 39.0 Å². The number of unbranched alkanes of at least 4 members (excludes halogenated alkanes) is 2. The number of carbonyl (C=O) groups excluding carboxylic acids is 1. The minimum atomic E-state index is -0.636. The van der Waals surface area contributed by atoms with E-state index < -0.39 is 11.9 Å². The van der Waals surface area contributed by atoms with E-state index in [1.54, 1.807) is 31.4 Å². The van der Waals surface area contributed by atoms with E-state index >= 15 is 0 Å². The number of furan rings is 1. The molecule has 2 N–H and O–H groups in total. The molecule has 0 spiro atoms. The predicted molar refractivity (Wildman–Crippen MR) is 157 cm³/mol. The summed E-state index contributed by atoms with van der Waals surface area (Å²) in [5, 5.41) is 10.8. The van der Waals surface area contributed by atoms with Gasteiger partial charge in [0.2, 0.25) is 11.6 Å². The smallest absolute Gasteiger partial charge is 0.379 e. The lowest BCUT2D eigenvalue weighted by atomic mass is 9.83. The zero-order valence-electron chi connectivity index (χ0n) is 23.0. The highest BCUT2D eigenvalue weighted by Gasteiger charge is 2.32. The van der Waals surface area contributed by atoms with Crippen molar-refractivity contribution in [3.05, 3.63) is 93.0 Å². The van der Waals surface area contributed by atoms with Crippen LogP contribution in [0.15, 0.2) is 74.9 Å². The average Bonchev–Trinajstić information content (AvgIpc) is 3.29. The third kappa shape index (κ3) is 5.61. The van der Waals surface area contributed by atoms with Crippen LogP contribution in [0.1, 0.15) is 59.3 Å². The molecule has 0 radical (unpaired) electrons. The van der Waals surface area contributed by atoms with Crippen molar-refractivity contribution >= 4 is 32.9 Å². The molecule has 9 heteroatoms. The van der Waals surface area contributed by atoms with Crippen molar-refractivity contribution in [1.82, 2.24) is 0 Å². The molecule has 210 valence electrons. The molecule has 41 heavy (non-hydrogen) atoms. The van der Waals surface area contributed by atoms with E-state index in [-0.39, 0.29) is 23.0 Å². The number of esters is 1. The third-order valence-corrected chi connectivity index (χ3v) is 7.51. The van der Waals surface area contributed by atoms with Crippen molar-refractivity contribution in [2.24, 2.45) is 5.73 Å². The zero-order valence-corrected chi connectivity index (χ0v) is 24.5. The Morgan fingerprint density at radius 1 is 1.10 bits per heavy atom. The van der Waals surface area contributed by atoms with Crippen LogP contribution in [0, 0.1) is 18.3 Å². The van der Waals surface area contributed by atoms with Gasteiger partial charge in [-0.2, -0.15) is 5.26 Å². The number of hydrogen-bond acceptors (Lipinski definition) is 8. The molecule has 4 aromatic rings. The van der Waals surface area contributed by atoms with Crippen LogP contribution >= 0.6 is 15.9 Å². The minimum absolute atomic E-state index is 0.0222. The van der Waals surface area contributed by atoms with Crippen LogP contribution in [0.5, 0.6) is 23.0 Å². The van der Waals surface area contributed by atoms with E-state index in [2.05, 4.69) is 28.9 Å². The third-order valence-electron chi connectivity index (χ3n) is 7.01. The maximum absolute atomic E-state index is 13.0. The lowest BCUT2D eigenvalue weighted by Crippen LogP contribution is -2.21. The summed E-state index contributed by atoms with van der Waals surface area (Å²) < 4.78 is 29.6. The Hall–Kier alpha value is -4.42. The number of allylic oxidation sites excluding steroid dienone is 1. The first-order valence-corrected chi connectivity index (χ1v) is 14.1. The van der Waals surface area contributed by atoms with Gasteiger partial charge in [0.15, 0.2) is 11.5 Å². The first-order chi connectivity index (χ1) is 19.8. The molecule has 8 nitrogen and oxygen atoms in total. The molecule has 0 fully saturated rings. The van der Waals surface area contributed by atoms with E-state index in [4.69, 9.17) is 29.1 Å². The molecule has 1 aliphatic heterocycles. The molecule has 0 bridgehead atoms. The molecular weight excluding hydrogens is 588 g/mol. The largest absolute Gasteiger partial charge is 0.493 e.